The first kappa shape index (κ1) is 13.0. The fourth-order valence-electron chi connectivity index (χ4n) is 1.78. The standard InChI is InChI=1S/C15H12FNO2/c1-17-15(19)12-8-7-11(16)9-13(12)14(18)10-5-3-2-4-6-10/h2-9H,1H3,(H,17,19). The molecule has 0 aromatic heterocycles. The molecule has 0 heterocycles. The minimum Gasteiger partial charge on any atom is -0.355 e. The van der Waals surface area contributed by atoms with E-state index in [-0.39, 0.29) is 16.9 Å². The van der Waals surface area contributed by atoms with Crippen LogP contribution in [-0.2, 0) is 0 Å². The summed E-state index contributed by atoms with van der Waals surface area (Å²) in [5.74, 6) is -1.34. The predicted octanol–water partition coefficient (Wildman–Crippen LogP) is 2.42. The van der Waals surface area contributed by atoms with Crippen LogP contribution in [0.15, 0.2) is 48.5 Å². The average Bonchev–Trinajstić information content (AvgIpc) is 2.46. The van der Waals surface area contributed by atoms with Crippen LogP contribution in [0.3, 0.4) is 0 Å². The molecule has 1 amide bonds. The van der Waals surface area contributed by atoms with E-state index in [9.17, 15) is 14.0 Å². The number of carbonyl (C=O) groups is 2. The number of halogens is 1. The quantitative estimate of drug-likeness (QED) is 0.858. The maximum atomic E-state index is 13.3. The van der Waals surface area contributed by atoms with Gasteiger partial charge in [-0.2, -0.15) is 0 Å². The normalized spacial score (nSPS) is 10.0. The summed E-state index contributed by atoms with van der Waals surface area (Å²) in [5, 5.41) is 2.43. The molecule has 0 atom stereocenters. The van der Waals surface area contributed by atoms with Crippen molar-refractivity contribution in [2.75, 3.05) is 7.05 Å². The van der Waals surface area contributed by atoms with E-state index in [1.807, 2.05) is 0 Å². The zero-order valence-corrected chi connectivity index (χ0v) is 10.3. The van der Waals surface area contributed by atoms with Crippen molar-refractivity contribution in [3.05, 3.63) is 71.0 Å². The van der Waals surface area contributed by atoms with Crippen LogP contribution in [0.25, 0.3) is 0 Å². The topological polar surface area (TPSA) is 46.2 Å². The SMILES string of the molecule is CNC(=O)c1ccc(F)cc1C(=O)c1ccccc1. The fraction of sp³-hybridized carbons (Fsp3) is 0.0667. The summed E-state index contributed by atoms with van der Waals surface area (Å²) in [6, 6.07) is 12.0. The number of rotatable bonds is 3. The third kappa shape index (κ3) is 2.68. The Balaban J connectivity index is 2.52. The Morgan fingerprint density at radius 2 is 1.68 bits per heavy atom. The van der Waals surface area contributed by atoms with Crippen LogP contribution in [-0.4, -0.2) is 18.7 Å². The van der Waals surface area contributed by atoms with E-state index in [0.717, 1.165) is 12.1 Å². The van der Waals surface area contributed by atoms with Crippen molar-refractivity contribution in [3.63, 3.8) is 0 Å². The summed E-state index contributed by atoms with van der Waals surface area (Å²) < 4.78 is 13.3. The zero-order chi connectivity index (χ0) is 13.8. The number of carbonyl (C=O) groups excluding carboxylic acids is 2. The summed E-state index contributed by atoms with van der Waals surface area (Å²) >= 11 is 0. The van der Waals surface area contributed by atoms with Crippen molar-refractivity contribution >= 4 is 11.7 Å². The number of hydrogen-bond donors (Lipinski definition) is 1. The molecule has 2 aromatic rings. The highest BCUT2D eigenvalue weighted by Gasteiger charge is 2.18. The molecule has 4 heteroatoms. The summed E-state index contributed by atoms with van der Waals surface area (Å²) in [6.45, 7) is 0. The van der Waals surface area contributed by atoms with Crippen molar-refractivity contribution < 1.29 is 14.0 Å². The molecule has 2 aromatic carbocycles. The van der Waals surface area contributed by atoms with Gasteiger partial charge in [-0.25, -0.2) is 4.39 Å². The second-order valence-electron chi connectivity index (χ2n) is 3.96. The highest BCUT2D eigenvalue weighted by Crippen LogP contribution is 2.16. The second-order valence-corrected chi connectivity index (χ2v) is 3.96. The number of benzene rings is 2. The molecule has 0 fully saturated rings. The molecule has 0 radical (unpaired) electrons. The van der Waals surface area contributed by atoms with Gasteiger partial charge in [0.2, 0.25) is 0 Å². The number of amides is 1. The lowest BCUT2D eigenvalue weighted by atomic mass is 9.98. The largest absolute Gasteiger partial charge is 0.355 e. The fourth-order valence-corrected chi connectivity index (χ4v) is 1.78. The van der Waals surface area contributed by atoms with Crippen molar-refractivity contribution in [2.24, 2.45) is 0 Å². The van der Waals surface area contributed by atoms with Crippen molar-refractivity contribution in [2.45, 2.75) is 0 Å². The highest BCUT2D eigenvalue weighted by molar-refractivity contribution is 6.15. The third-order valence-electron chi connectivity index (χ3n) is 2.73. The Morgan fingerprint density at radius 3 is 2.32 bits per heavy atom. The van der Waals surface area contributed by atoms with Crippen LogP contribution in [0.4, 0.5) is 4.39 Å². The lowest BCUT2D eigenvalue weighted by Crippen LogP contribution is -2.21. The van der Waals surface area contributed by atoms with Gasteiger partial charge in [-0.15, -0.1) is 0 Å². The smallest absolute Gasteiger partial charge is 0.251 e. The molecule has 0 aliphatic carbocycles. The van der Waals surface area contributed by atoms with E-state index >= 15 is 0 Å². The number of hydrogen-bond acceptors (Lipinski definition) is 2. The Bertz CT molecular complexity index is 623. The molecule has 96 valence electrons. The van der Waals surface area contributed by atoms with Gasteiger partial charge in [-0.1, -0.05) is 30.3 Å². The minimum absolute atomic E-state index is 0.0607. The molecule has 0 saturated heterocycles. The van der Waals surface area contributed by atoms with E-state index in [4.69, 9.17) is 0 Å². The maximum absolute atomic E-state index is 13.3. The molecule has 19 heavy (non-hydrogen) atoms. The van der Waals surface area contributed by atoms with Gasteiger partial charge in [0, 0.05) is 18.2 Å². The number of nitrogens with one attached hydrogen (secondary N) is 1. The minimum atomic E-state index is -0.549. The molecule has 0 aliphatic heterocycles. The molecule has 3 nitrogen and oxygen atoms in total. The van der Waals surface area contributed by atoms with Gasteiger partial charge in [-0.05, 0) is 18.2 Å². The first-order valence-corrected chi connectivity index (χ1v) is 5.75. The lowest BCUT2D eigenvalue weighted by molar-refractivity contribution is 0.0950. The van der Waals surface area contributed by atoms with E-state index < -0.39 is 11.7 Å². The van der Waals surface area contributed by atoms with Crippen molar-refractivity contribution in [1.82, 2.24) is 5.32 Å². The second kappa shape index (κ2) is 5.44. The molecule has 0 bridgehead atoms. The van der Waals surface area contributed by atoms with Crippen LogP contribution < -0.4 is 5.32 Å². The predicted molar refractivity (Wildman–Crippen MR) is 69.7 cm³/mol. The first-order valence-electron chi connectivity index (χ1n) is 5.75. The summed E-state index contributed by atoms with van der Waals surface area (Å²) in [5.41, 5.74) is 0.640. The average molecular weight is 257 g/mol. The Labute approximate surface area is 110 Å². The molecular weight excluding hydrogens is 245 g/mol. The van der Waals surface area contributed by atoms with Crippen LogP contribution >= 0.6 is 0 Å². The third-order valence-corrected chi connectivity index (χ3v) is 2.73. The van der Waals surface area contributed by atoms with Crippen molar-refractivity contribution in [1.29, 1.82) is 0 Å². The van der Waals surface area contributed by atoms with E-state index in [1.165, 1.54) is 13.1 Å². The van der Waals surface area contributed by atoms with E-state index in [1.54, 1.807) is 30.3 Å². The Hall–Kier alpha value is -2.49. The van der Waals surface area contributed by atoms with Gasteiger partial charge < -0.3 is 5.32 Å². The summed E-state index contributed by atoms with van der Waals surface area (Å²) in [4.78, 5) is 24.0. The van der Waals surface area contributed by atoms with Gasteiger partial charge in [0.25, 0.3) is 5.91 Å². The molecule has 0 unspecified atom stereocenters. The van der Waals surface area contributed by atoms with Crippen LogP contribution in [0, 0.1) is 5.82 Å². The molecule has 1 N–H and O–H groups in total. The summed E-state index contributed by atoms with van der Waals surface area (Å²) in [7, 11) is 1.46. The summed E-state index contributed by atoms with van der Waals surface area (Å²) in [6.07, 6.45) is 0. The number of ketones is 1. The zero-order valence-electron chi connectivity index (χ0n) is 10.3. The molecule has 0 spiro atoms. The van der Waals surface area contributed by atoms with Gasteiger partial charge in [0.1, 0.15) is 5.82 Å². The van der Waals surface area contributed by atoms with Crippen molar-refractivity contribution in [3.8, 4) is 0 Å². The molecular formula is C15H12FNO2. The molecule has 2 rings (SSSR count). The molecule has 0 aliphatic rings. The van der Waals surface area contributed by atoms with Crippen LogP contribution in [0.5, 0.6) is 0 Å². The maximum Gasteiger partial charge on any atom is 0.251 e. The van der Waals surface area contributed by atoms with Gasteiger partial charge in [0.05, 0.1) is 5.56 Å². The highest BCUT2D eigenvalue weighted by atomic mass is 19.1. The van der Waals surface area contributed by atoms with Crippen LogP contribution in [0.2, 0.25) is 0 Å². The monoisotopic (exact) mass is 257 g/mol. The van der Waals surface area contributed by atoms with Gasteiger partial charge >= 0.3 is 0 Å². The lowest BCUT2D eigenvalue weighted by Gasteiger charge is -2.08. The molecule has 0 saturated carbocycles. The Kier molecular flexibility index (Phi) is 3.71. The van der Waals surface area contributed by atoms with Gasteiger partial charge in [0.15, 0.2) is 5.78 Å². The Morgan fingerprint density at radius 1 is 1.00 bits per heavy atom. The van der Waals surface area contributed by atoms with Crippen LogP contribution in [0.1, 0.15) is 26.3 Å². The van der Waals surface area contributed by atoms with E-state index in [0.29, 0.717) is 5.56 Å². The van der Waals surface area contributed by atoms with E-state index in [2.05, 4.69) is 5.32 Å². The van der Waals surface area contributed by atoms with Gasteiger partial charge in [-0.3, -0.25) is 9.59 Å². The first-order chi connectivity index (χ1) is 9.13.